The highest BCUT2D eigenvalue weighted by atomic mass is 35.5. The number of pyridine rings is 1. The Morgan fingerprint density at radius 1 is 1.48 bits per heavy atom. The molecule has 0 fully saturated rings. The smallest absolute Gasteiger partial charge is 0.221 e. The lowest BCUT2D eigenvalue weighted by atomic mass is 10.3. The number of aryl methyl sites for hydroxylation is 3. The normalized spacial score (nSPS) is 11.0. The van der Waals surface area contributed by atoms with E-state index in [1.807, 2.05) is 30.7 Å². The predicted molar refractivity (Wildman–Crippen MR) is 84.6 cm³/mol. The molecule has 2 aromatic rings. The maximum atomic E-state index is 11.8. The van der Waals surface area contributed by atoms with Gasteiger partial charge in [0.15, 0.2) is 5.65 Å². The molecule has 21 heavy (non-hydrogen) atoms. The largest absolute Gasteiger partial charge is 0.356 e. The molecular weight excluding hydrogens is 288 g/mol. The van der Waals surface area contributed by atoms with Crippen LogP contribution < -0.4 is 5.32 Å². The van der Waals surface area contributed by atoms with E-state index < -0.39 is 0 Å². The van der Waals surface area contributed by atoms with Crippen LogP contribution in [0.2, 0.25) is 0 Å². The number of amides is 1. The lowest BCUT2D eigenvalue weighted by Gasteiger charge is -2.08. The summed E-state index contributed by atoms with van der Waals surface area (Å²) in [6.07, 6.45) is 3.87. The lowest BCUT2D eigenvalue weighted by Crippen LogP contribution is -2.25. The van der Waals surface area contributed by atoms with Gasteiger partial charge in [-0.05, 0) is 25.0 Å². The third-order valence-corrected chi connectivity index (χ3v) is 3.44. The second kappa shape index (κ2) is 7.41. The van der Waals surface area contributed by atoms with Crippen LogP contribution in [0.1, 0.15) is 31.2 Å². The molecule has 0 aliphatic heterocycles. The van der Waals surface area contributed by atoms with E-state index in [4.69, 9.17) is 11.6 Å². The first-order valence-electron chi connectivity index (χ1n) is 7.30. The Morgan fingerprint density at radius 3 is 3.00 bits per heavy atom. The molecule has 0 aliphatic rings. The number of carbonyl (C=O) groups is 1. The van der Waals surface area contributed by atoms with Gasteiger partial charge in [0.25, 0.3) is 0 Å². The fraction of sp³-hybridized carbons (Fsp3) is 0.533. The third kappa shape index (κ3) is 3.94. The number of aromatic nitrogens is 3. The van der Waals surface area contributed by atoms with E-state index in [0.717, 1.165) is 35.5 Å². The van der Waals surface area contributed by atoms with E-state index in [-0.39, 0.29) is 5.91 Å². The predicted octanol–water partition coefficient (Wildman–Crippen LogP) is 2.44. The summed E-state index contributed by atoms with van der Waals surface area (Å²) in [6, 6.07) is 2.01. The summed E-state index contributed by atoms with van der Waals surface area (Å²) in [5, 5.41) is 2.88. The number of nitrogens with zero attached hydrogens (tertiary/aromatic N) is 3. The third-order valence-electron chi connectivity index (χ3n) is 3.25. The molecule has 1 amide bonds. The molecule has 114 valence electrons. The topological polar surface area (TPSA) is 59.8 Å². The van der Waals surface area contributed by atoms with E-state index >= 15 is 0 Å². The minimum Gasteiger partial charge on any atom is -0.356 e. The summed E-state index contributed by atoms with van der Waals surface area (Å²) in [7, 11) is 0. The summed E-state index contributed by atoms with van der Waals surface area (Å²) in [6.45, 7) is 5.32. The summed E-state index contributed by atoms with van der Waals surface area (Å²) >= 11 is 5.85. The molecule has 0 atom stereocenters. The molecule has 6 heteroatoms. The SMILES string of the molecule is CCCNC(=O)CCn1c(CCCl)nc2cc(C)cnc21. The van der Waals surface area contributed by atoms with Gasteiger partial charge < -0.3 is 9.88 Å². The van der Waals surface area contributed by atoms with Crippen molar-refractivity contribution in [1.82, 2.24) is 19.9 Å². The number of imidazole rings is 1. The molecule has 0 aliphatic carbocycles. The molecule has 2 rings (SSSR count). The van der Waals surface area contributed by atoms with E-state index in [0.29, 0.717) is 25.3 Å². The first kappa shape index (κ1) is 15.8. The van der Waals surface area contributed by atoms with Crippen LogP contribution in [0.5, 0.6) is 0 Å². The Morgan fingerprint density at radius 2 is 2.29 bits per heavy atom. The zero-order valence-electron chi connectivity index (χ0n) is 12.5. The number of hydrogen-bond donors (Lipinski definition) is 1. The molecule has 2 aromatic heterocycles. The molecule has 5 nitrogen and oxygen atoms in total. The Balaban J connectivity index is 2.20. The van der Waals surface area contributed by atoms with Crippen molar-refractivity contribution in [3.05, 3.63) is 23.7 Å². The number of carbonyl (C=O) groups excluding carboxylic acids is 1. The summed E-state index contributed by atoms with van der Waals surface area (Å²) < 4.78 is 2.00. The van der Waals surface area contributed by atoms with Crippen molar-refractivity contribution in [2.45, 2.75) is 39.7 Å². The summed E-state index contributed by atoms with van der Waals surface area (Å²) in [4.78, 5) is 20.8. The highest BCUT2D eigenvalue weighted by Gasteiger charge is 2.12. The molecular formula is C15H21ClN4O. The van der Waals surface area contributed by atoms with Crippen molar-refractivity contribution in [3.63, 3.8) is 0 Å². The molecule has 1 N–H and O–H groups in total. The molecule has 0 radical (unpaired) electrons. The van der Waals surface area contributed by atoms with Crippen molar-refractivity contribution in [1.29, 1.82) is 0 Å². The van der Waals surface area contributed by atoms with Crippen LogP contribution in [0.4, 0.5) is 0 Å². The number of alkyl halides is 1. The summed E-state index contributed by atoms with van der Waals surface area (Å²) in [5.74, 6) is 1.45. The summed E-state index contributed by atoms with van der Waals surface area (Å²) in [5.41, 5.74) is 2.76. The number of hydrogen-bond acceptors (Lipinski definition) is 3. The van der Waals surface area contributed by atoms with Crippen LogP contribution in [-0.2, 0) is 17.8 Å². The van der Waals surface area contributed by atoms with Crippen molar-refractivity contribution >= 4 is 28.7 Å². The monoisotopic (exact) mass is 308 g/mol. The minimum atomic E-state index is 0.0580. The quantitative estimate of drug-likeness (QED) is 0.799. The average molecular weight is 309 g/mol. The maximum absolute atomic E-state index is 11.8. The van der Waals surface area contributed by atoms with Crippen LogP contribution in [0.25, 0.3) is 11.2 Å². The number of rotatable bonds is 7. The highest BCUT2D eigenvalue weighted by Crippen LogP contribution is 2.16. The minimum absolute atomic E-state index is 0.0580. The first-order valence-corrected chi connectivity index (χ1v) is 7.83. The van der Waals surface area contributed by atoms with Gasteiger partial charge in [-0.3, -0.25) is 4.79 Å². The Labute approximate surface area is 129 Å². The van der Waals surface area contributed by atoms with Crippen LogP contribution >= 0.6 is 11.6 Å². The van der Waals surface area contributed by atoms with Crippen LogP contribution in [0, 0.1) is 6.92 Å². The van der Waals surface area contributed by atoms with Gasteiger partial charge in [-0.1, -0.05) is 6.92 Å². The van der Waals surface area contributed by atoms with Gasteiger partial charge in [-0.2, -0.15) is 0 Å². The van der Waals surface area contributed by atoms with E-state index in [1.165, 1.54) is 0 Å². The number of fused-ring (bicyclic) bond motifs is 1. The van der Waals surface area contributed by atoms with E-state index in [2.05, 4.69) is 15.3 Å². The van der Waals surface area contributed by atoms with Crippen molar-refractivity contribution < 1.29 is 4.79 Å². The van der Waals surface area contributed by atoms with E-state index in [1.54, 1.807) is 0 Å². The zero-order valence-corrected chi connectivity index (χ0v) is 13.3. The van der Waals surface area contributed by atoms with Crippen molar-refractivity contribution in [2.24, 2.45) is 0 Å². The second-order valence-electron chi connectivity index (χ2n) is 5.07. The lowest BCUT2D eigenvalue weighted by molar-refractivity contribution is -0.121. The van der Waals surface area contributed by atoms with E-state index in [9.17, 15) is 4.79 Å². The molecule has 2 heterocycles. The highest BCUT2D eigenvalue weighted by molar-refractivity contribution is 6.17. The fourth-order valence-electron chi connectivity index (χ4n) is 2.23. The van der Waals surface area contributed by atoms with Crippen LogP contribution in [-0.4, -0.2) is 32.9 Å². The first-order chi connectivity index (χ1) is 10.2. The van der Waals surface area contributed by atoms with Gasteiger partial charge in [0.2, 0.25) is 5.91 Å². The Kier molecular flexibility index (Phi) is 5.56. The van der Waals surface area contributed by atoms with Gasteiger partial charge in [0.05, 0.1) is 0 Å². The second-order valence-corrected chi connectivity index (χ2v) is 5.45. The number of halogens is 1. The number of nitrogens with one attached hydrogen (secondary N) is 1. The van der Waals surface area contributed by atoms with Crippen molar-refractivity contribution in [3.8, 4) is 0 Å². The molecule has 0 aromatic carbocycles. The average Bonchev–Trinajstić information content (AvgIpc) is 2.79. The molecule has 0 spiro atoms. The standard InChI is InChI=1S/C15H21ClN4O/c1-3-7-17-14(21)5-8-20-13(4-6-16)19-12-9-11(2)10-18-15(12)20/h9-10H,3-8H2,1-2H3,(H,17,21). The molecule has 0 unspecified atom stereocenters. The van der Waals surface area contributed by atoms with Gasteiger partial charge >= 0.3 is 0 Å². The van der Waals surface area contributed by atoms with Gasteiger partial charge in [0, 0.05) is 38.0 Å². The van der Waals surface area contributed by atoms with Gasteiger partial charge in [-0.25, -0.2) is 9.97 Å². The molecule has 0 bridgehead atoms. The molecule has 0 saturated carbocycles. The zero-order chi connectivity index (χ0) is 15.2. The van der Waals surface area contributed by atoms with Crippen molar-refractivity contribution in [2.75, 3.05) is 12.4 Å². The van der Waals surface area contributed by atoms with Crippen LogP contribution in [0.3, 0.4) is 0 Å². The van der Waals surface area contributed by atoms with Gasteiger partial charge in [-0.15, -0.1) is 11.6 Å². The van der Waals surface area contributed by atoms with Gasteiger partial charge in [0.1, 0.15) is 11.3 Å². The van der Waals surface area contributed by atoms with Crippen LogP contribution in [0.15, 0.2) is 12.3 Å². The maximum Gasteiger partial charge on any atom is 0.221 e. The Bertz CT molecular complexity index is 623. The molecule has 0 saturated heterocycles. The Hall–Kier alpha value is -1.62. The fourth-order valence-corrected chi connectivity index (χ4v) is 2.40.